The van der Waals surface area contributed by atoms with Crippen LogP contribution >= 0.6 is 0 Å². The quantitative estimate of drug-likeness (QED) is 0.660. The standard InChI is InChI=1S/C27H33F3N4O/c1-26(2)21-7-5-4-6-18(21)14-22(26)32-23-9-8-19(15-31-23)24(27(28,29)30)33(3)25(35)20-16-34-12-10-17(20)11-13-34/h4-9,15,17,20,22,24H,10-14,16H2,1-3H3,(H,31,32)/t20?,22?,24-/m0/s1. The number of aromatic nitrogens is 1. The maximum absolute atomic E-state index is 14.2. The summed E-state index contributed by atoms with van der Waals surface area (Å²) in [5, 5.41) is 3.43. The van der Waals surface area contributed by atoms with Gasteiger partial charge >= 0.3 is 6.18 Å². The third kappa shape index (κ3) is 4.41. The van der Waals surface area contributed by atoms with Crippen LogP contribution in [0.2, 0.25) is 0 Å². The first-order valence-corrected chi connectivity index (χ1v) is 12.4. The van der Waals surface area contributed by atoms with Crippen molar-refractivity contribution in [3.8, 4) is 0 Å². The van der Waals surface area contributed by atoms with Gasteiger partial charge in [-0.15, -0.1) is 0 Å². The van der Waals surface area contributed by atoms with Crippen LogP contribution in [0.1, 0.15) is 49.4 Å². The normalized spacial score (nSPS) is 27.8. The van der Waals surface area contributed by atoms with Gasteiger partial charge in [0.2, 0.25) is 5.91 Å². The Morgan fingerprint density at radius 2 is 1.89 bits per heavy atom. The van der Waals surface area contributed by atoms with Gasteiger partial charge in [-0.3, -0.25) is 4.79 Å². The monoisotopic (exact) mass is 486 g/mol. The first-order valence-electron chi connectivity index (χ1n) is 12.4. The van der Waals surface area contributed by atoms with Crippen molar-refractivity contribution in [1.82, 2.24) is 14.8 Å². The Morgan fingerprint density at radius 3 is 2.46 bits per heavy atom. The number of rotatable bonds is 5. The predicted octanol–water partition coefficient (Wildman–Crippen LogP) is 4.80. The fraction of sp³-hybridized carbons (Fsp3) is 0.556. The van der Waals surface area contributed by atoms with E-state index in [2.05, 4.69) is 41.2 Å². The fourth-order valence-corrected chi connectivity index (χ4v) is 6.32. The summed E-state index contributed by atoms with van der Waals surface area (Å²) in [6.45, 7) is 6.75. The highest BCUT2D eigenvalue weighted by atomic mass is 19.4. The van der Waals surface area contributed by atoms with Crippen molar-refractivity contribution < 1.29 is 18.0 Å². The van der Waals surface area contributed by atoms with Gasteiger partial charge in [-0.1, -0.05) is 44.2 Å². The van der Waals surface area contributed by atoms with E-state index < -0.39 is 18.1 Å². The predicted molar refractivity (Wildman–Crippen MR) is 129 cm³/mol. The van der Waals surface area contributed by atoms with Crippen molar-refractivity contribution in [2.45, 2.75) is 56.8 Å². The number of carbonyl (C=O) groups is 1. The largest absolute Gasteiger partial charge is 0.413 e. The molecule has 3 fully saturated rings. The zero-order valence-electron chi connectivity index (χ0n) is 20.5. The van der Waals surface area contributed by atoms with E-state index in [0.717, 1.165) is 37.3 Å². The fourth-order valence-electron chi connectivity index (χ4n) is 6.32. The first kappa shape index (κ1) is 24.1. The SMILES string of the molecule is CN(C(=O)C1CN2CCC1CC2)[C@@H](c1ccc(NC2Cc3ccccc3C2(C)C)nc1)C(F)(F)F. The average molecular weight is 487 g/mol. The number of piperidine rings is 3. The van der Waals surface area contributed by atoms with Crippen LogP contribution in [0.4, 0.5) is 19.0 Å². The van der Waals surface area contributed by atoms with Crippen LogP contribution in [0.15, 0.2) is 42.6 Å². The first-order chi connectivity index (χ1) is 16.6. The van der Waals surface area contributed by atoms with Crippen molar-refractivity contribution in [2.75, 3.05) is 32.0 Å². The highest BCUT2D eigenvalue weighted by molar-refractivity contribution is 5.80. The van der Waals surface area contributed by atoms with Crippen LogP contribution in [0.3, 0.4) is 0 Å². The number of anilines is 1. The van der Waals surface area contributed by atoms with Crippen LogP contribution in [-0.4, -0.2) is 59.6 Å². The van der Waals surface area contributed by atoms with E-state index in [1.807, 2.05) is 12.1 Å². The molecule has 3 aliphatic heterocycles. The molecule has 3 saturated heterocycles. The van der Waals surface area contributed by atoms with Crippen molar-refractivity contribution in [2.24, 2.45) is 11.8 Å². The lowest BCUT2D eigenvalue weighted by atomic mass is 9.78. The van der Waals surface area contributed by atoms with Gasteiger partial charge in [0.1, 0.15) is 5.82 Å². The molecule has 188 valence electrons. The molecule has 4 heterocycles. The minimum Gasteiger partial charge on any atom is -0.366 e. The molecule has 3 atom stereocenters. The molecule has 6 rings (SSSR count). The summed E-state index contributed by atoms with van der Waals surface area (Å²) in [7, 11) is 1.28. The zero-order chi connectivity index (χ0) is 25.0. The molecule has 1 aliphatic carbocycles. The van der Waals surface area contributed by atoms with Gasteiger partial charge in [0.05, 0.1) is 5.92 Å². The molecule has 2 aromatic rings. The maximum atomic E-state index is 14.2. The second kappa shape index (κ2) is 8.80. The number of alkyl halides is 3. The molecule has 4 aliphatic rings. The lowest BCUT2D eigenvalue weighted by Crippen LogP contribution is -2.54. The maximum Gasteiger partial charge on any atom is 0.413 e. The summed E-state index contributed by atoms with van der Waals surface area (Å²) in [4.78, 5) is 20.6. The molecule has 0 spiro atoms. The van der Waals surface area contributed by atoms with Gasteiger partial charge in [-0.25, -0.2) is 4.98 Å². The van der Waals surface area contributed by atoms with E-state index in [-0.39, 0.29) is 28.9 Å². The number of carbonyl (C=O) groups excluding carboxylic acids is 1. The van der Waals surface area contributed by atoms with Crippen LogP contribution < -0.4 is 5.32 Å². The molecular formula is C27H33F3N4O. The summed E-state index contributed by atoms with van der Waals surface area (Å²) < 4.78 is 42.6. The smallest absolute Gasteiger partial charge is 0.366 e. The molecular weight excluding hydrogens is 453 g/mol. The van der Waals surface area contributed by atoms with Crippen molar-refractivity contribution in [3.05, 3.63) is 59.3 Å². The molecule has 2 bridgehead atoms. The minimum atomic E-state index is -4.59. The Morgan fingerprint density at radius 1 is 1.17 bits per heavy atom. The topological polar surface area (TPSA) is 48.5 Å². The molecule has 2 unspecified atom stereocenters. The molecule has 0 radical (unpaired) electrons. The number of benzene rings is 1. The van der Waals surface area contributed by atoms with Gasteiger partial charge in [0.25, 0.3) is 0 Å². The highest BCUT2D eigenvalue weighted by Crippen LogP contribution is 2.42. The molecule has 5 nitrogen and oxygen atoms in total. The number of pyridine rings is 1. The molecule has 8 heteroatoms. The molecule has 1 N–H and O–H groups in total. The third-order valence-electron chi connectivity index (χ3n) is 8.45. The van der Waals surface area contributed by atoms with Gasteiger partial charge in [0, 0.05) is 36.8 Å². The second-order valence-corrected chi connectivity index (χ2v) is 10.9. The van der Waals surface area contributed by atoms with Crippen LogP contribution in [0, 0.1) is 11.8 Å². The average Bonchev–Trinajstić information content (AvgIpc) is 3.09. The number of fused-ring (bicyclic) bond motifs is 4. The number of nitrogens with zero attached hydrogens (tertiary/aromatic N) is 3. The van der Waals surface area contributed by atoms with Crippen LogP contribution in [-0.2, 0) is 16.6 Å². The Balaban J connectivity index is 1.33. The Bertz CT molecular complexity index is 1080. The van der Waals surface area contributed by atoms with Gasteiger partial charge in [-0.05, 0) is 55.5 Å². The van der Waals surface area contributed by atoms with E-state index in [1.54, 1.807) is 6.07 Å². The number of amides is 1. The molecule has 1 amide bonds. The van der Waals surface area contributed by atoms with E-state index in [0.29, 0.717) is 12.4 Å². The van der Waals surface area contributed by atoms with Crippen LogP contribution in [0.5, 0.6) is 0 Å². The zero-order valence-corrected chi connectivity index (χ0v) is 20.5. The minimum absolute atomic E-state index is 0.0193. The van der Waals surface area contributed by atoms with E-state index in [1.165, 1.54) is 30.4 Å². The van der Waals surface area contributed by atoms with E-state index in [4.69, 9.17) is 0 Å². The van der Waals surface area contributed by atoms with Gasteiger partial charge < -0.3 is 15.1 Å². The number of nitrogens with one attached hydrogen (secondary N) is 1. The molecule has 1 aromatic carbocycles. The summed E-state index contributed by atoms with van der Waals surface area (Å²) in [6.07, 6.45) is -0.747. The number of hydrogen-bond acceptors (Lipinski definition) is 4. The number of hydrogen-bond donors (Lipinski definition) is 1. The summed E-state index contributed by atoms with van der Waals surface area (Å²) in [5.41, 5.74) is 2.40. The van der Waals surface area contributed by atoms with E-state index >= 15 is 0 Å². The number of halogens is 3. The summed E-state index contributed by atoms with van der Waals surface area (Å²) in [6, 6.07) is 9.41. The van der Waals surface area contributed by atoms with Gasteiger partial charge in [0.15, 0.2) is 6.04 Å². The molecule has 35 heavy (non-hydrogen) atoms. The van der Waals surface area contributed by atoms with E-state index in [9.17, 15) is 18.0 Å². The lowest BCUT2D eigenvalue weighted by molar-refractivity contribution is -0.192. The Hall–Kier alpha value is -2.61. The summed E-state index contributed by atoms with van der Waals surface area (Å²) >= 11 is 0. The molecule has 0 saturated carbocycles. The summed E-state index contributed by atoms with van der Waals surface area (Å²) in [5.74, 6) is -0.0822. The second-order valence-electron chi connectivity index (χ2n) is 10.9. The van der Waals surface area contributed by atoms with Crippen molar-refractivity contribution >= 4 is 11.7 Å². The lowest BCUT2D eigenvalue weighted by Gasteiger charge is -2.45. The Labute approximate surface area is 204 Å². The van der Waals surface area contributed by atoms with Crippen molar-refractivity contribution in [1.29, 1.82) is 0 Å². The third-order valence-corrected chi connectivity index (χ3v) is 8.45. The Kier molecular flexibility index (Phi) is 6.06. The van der Waals surface area contributed by atoms with Crippen LogP contribution in [0.25, 0.3) is 0 Å². The van der Waals surface area contributed by atoms with Gasteiger partial charge in [-0.2, -0.15) is 13.2 Å². The molecule has 1 aromatic heterocycles. The highest BCUT2D eigenvalue weighted by Gasteiger charge is 2.48. The van der Waals surface area contributed by atoms with Crippen molar-refractivity contribution in [3.63, 3.8) is 0 Å².